The van der Waals surface area contributed by atoms with Crippen molar-refractivity contribution < 1.29 is 14.3 Å². The number of halogens is 1. The average molecular weight is 281 g/mol. The number of esters is 1. The fourth-order valence-corrected chi connectivity index (χ4v) is 1.52. The highest BCUT2D eigenvalue weighted by Crippen LogP contribution is 2.21. The number of carbonyl (C=O) groups is 2. The van der Waals surface area contributed by atoms with Gasteiger partial charge < -0.3 is 10.1 Å². The highest BCUT2D eigenvalue weighted by Gasteiger charge is 2.14. The molecule has 0 bridgehead atoms. The van der Waals surface area contributed by atoms with E-state index in [0.717, 1.165) is 0 Å². The number of anilines is 1. The minimum atomic E-state index is -0.552. The Morgan fingerprint density at radius 2 is 2.21 bits per heavy atom. The molecule has 0 aliphatic rings. The average Bonchev–Trinajstić information content (AvgIpc) is 2.38. The number of benzene rings is 1. The van der Waals surface area contributed by atoms with Crippen LogP contribution in [0.1, 0.15) is 10.4 Å². The van der Waals surface area contributed by atoms with E-state index in [1.807, 2.05) is 0 Å². The quantitative estimate of drug-likeness (QED) is 0.484. The Balaban J connectivity index is 2.81. The molecule has 2 N–H and O–H groups in total. The van der Waals surface area contributed by atoms with E-state index in [2.05, 4.69) is 21.3 Å². The van der Waals surface area contributed by atoms with Crippen molar-refractivity contribution >= 4 is 29.2 Å². The van der Waals surface area contributed by atoms with Gasteiger partial charge >= 0.3 is 5.97 Å². The maximum Gasteiger partial charge on any atom is 0.339 e. The van der Waals surface area contributed by atoms with Crippen LogP contribution in [0.3, 0.4) is 0 Å². The van der Waals surface area contributed by atoms with Crippen LogP contribution < -0.4 is 10.6 Å². The SMILES string of the molecule is C#CCNCC(=O)Nc1cc(Cl)ccc1C(=O)OC. The highest BCUT2D eigenvalue weighted by molar-refractivity contribution is 6.31. The smallest absolute Gasteiger partial charge is 0.339 e. The summed E-state index contributed by atoms with van der Waals surface area (Å²) in [4.78, 5) is 23.2. The minimum Gasteiger partial charge on any atom is -0.465 e. The van der Waals surface area contributed by atoms with Crippen LogP contribution >= 0.6 is 11.6 Å². The molecule has 0 radical (unpaired) electrons. The number of carbonyl (C=O) groups excluding carboxylic acids is 2. The van der Waals surface area contributed by atoms with Crippen LogP contribution in [0.5, 0.6) is 0 Å². The third kappa shape index (κ3) is 4.62. The molecule has 0 saturated heterocycles. The van der Waals surface area contributed by atoms with Gasteiger partial charge in [-0.25, -0.2) is 4.79 Å². The van der Waals surface area contributed by atoms with Gasteiger partial charge in [0.2, 0.25) is 5.91 Å². The summed E-state index contributed by atoms with van der Waals surface area (Å²) in [6, 6.07) is 4.51. The maximum absolute atomic E-state index is 11.6. The molecule has 1 aromatic carbocycles. The minimum absolute atomic E-state index is 0.0390. The Morgan fingerprint density at radius 1 is 1.47 bits per heavy atom. The number of methoxy groups -OCH3 is 1. The molecule has 1 rings (SSSR count). The molecule has 0 unspecified atom stereocenters. The summed E-state index contributed by atoms with van der Waals surface area (Å²) >= 11 is 5.83. The lowest BCUT2D eigenvalue weighted by atomic mass is 10.2. The number of amides is 1. The normalized spacial score (nSPS) is 9.53. The Labute approximate surface area is 116 Å². The predicted molar refractivity (Wildman–Crippen MR) is 73.1 cm³/mol. The highest BCUT2D eigenvalue weighted by atomic mass is 35.5. The number of hydrogen-bond acceptors (Lipinski definition) is 4. The lowest BCUT2D eigenvalue weighted by molar-refractivity contribution is -0.115. The van der Waals surface area contributed by atoms with E-state index in [-0.39, 0.29) is 24.6 Å². The summed E-state index contributed by atoms with van der Waals surface area (Å²) in [6.45, 7) is 0.324. The van der Waals surface area contributed by atoms with Gasteiger partial charge in [-0.3, -0.25) is 10.1 Å². The third-order valence-corrected chi connectivity index (χ3v) is 2.41. The Bertz CT molecular complexity index is 523. The largest absolute Gasteiger partial charge is 0.465 e. The zero-order valence-corrected chi connectivity index (χ0v) is 11.1. The molecule has 0 spiro atoms. The second-order valence-corrected chi connectivity index (χ2v) is 3.97. The fraction of sp³-hybridized carbons (Fsp3) is 0.231. The first kappa shape index (κ1) is 15.0. The van der Waals surface area contributed by atoms with Gasteiger partial charge in [-0.05, 0) is 18.2 Å². The Kier molecular flexibility index (Phi) is 5.86. The summed E-state index contributed by atoms with van der Waals surface area (Å²) in [5, 5.41) is 5.71. The van der Waals surface area contributed by atoms with Gasteiger partial charge in [0.15, 0.2) is 0 Å². The van der Waals surface area contributed by atoms with Gasteiger partial charge in [0.1, 0.15) is 0 Å². The molecule has 6 heteroatoms. The number of terminal acetylenes is 1. The zero-order chi connectivity index (χ0) is 14.3. The first-order valence-electron chi connectivity index (χ1n) is 5.40. The van der Waals surface area contributed by atoms with Crippen LogP contribution in [0.2, 0.25) is 5.02 Å². The predicted octanol–water partition coefficient (Wildman–Crippen LogP) is 1.29. The van der Waals surface area contributed by atoms with Crippen LogP contribution in [-0.4, -0.2) is 32.1 Å². The van der Waals surface area contributed by atoms with Gasteiger partial charge in [0.25, 0.3) is 0 Å². The lowest BCUT2D eigenvalue weighted by Crippen LogP contribution is -2.28. The van der Waals surface area contributed by atoms with Gasteiger partial charge in [-0.15, -0.1) is 6.42 Å². The molecular formula is C13H13ClN2O3. The standard InChI is InChI=1S/C13H13ClN2O3/c1-3-6-15-8-12(17)16-11-7-9(14)4-5-10(11)13(18)19-2/h1,4-5,7,15H,6,8H2,2H3,(H,16,17). The van der Waals surface area contributed by atoms with E-state index < -0.39 is 5.97 Å². The monoisotopic (exact) mass is 280 g/mol. The third-order valence-electron chi connectivity index (χ3n) is 2.17. The van der Waals surface area contributed by atoms with E-state index in [0.29, 0.717) is 10.7 Å². The van der Waals surface area contributed by atoms with Crippen LogP contribution in [0.25, 0.3) is 0 Å². The van der Waals surface area contributed by atoms with Crippen molar-refractivity contribution in [1.82, 2.24) is 5.32 Å². The molecule has 0 atom stereocenters. The molecule has 0 aromatic heterocycles. The second-order valence-electron chi connectivity index (χ2n) is 3.54. The van der Waals surface area contributed by atoms with Crippen LogP contribution in [0.15, 0.2) is 18.2 Å². The molecule has 0 fully saturated rings. The van der Waals surface area contributed by atoms with Crippen molar-refractivity contribution in [2.24, 2.45) is 0 Å². The summed E-state index contributed by atoms with van der Waals surface area (Å²) < 4.78 is 4.62. The van der Waals surface area contributed by atoms with E-state index >= 15 is 0 Å². The van der Waals surface area contributed by atoms with E-state index in [4.69, 9.17) is 18.0 Å². The maximum atomic E-state index is 11.6. The molecular weight excluding hydrogens is 268 g/mol. The Hall–Kier alpha value is -2.03. The van der Waals surface area contributed by atoms with Gasteiger partial charge in [-0.2, -0.15) is 0 Å². The summed E-state index contributed by atoms with van der Waals surface area (Å²) in [6.07, 6.45) is 5.05. The van der Waals surface area contributed by atoms with E-state index in [1.165, 1.54) is 19.2 Å². The molecule has 19 heavy (non-hydrogen) atoms. The molecule has 0 aliphatic heterocycles. The molecule has 5 nitrogen and oxygen atoms in total. The van der Waals surface area contributed by atoms with Crippen LogP contribution in [0, 0.1) is 12.3 Å². The van der Waals surface area contributed by atoms with Crippen molar-refractivity contribution in [3.8, 4) is 12.3 Å². The van der Waals surface area contributed by atoms with Crippen molar-refractivity contribution in [3.63, 3.8) is 0 Å². The molecule has 1 aromatic rings. The molecule has 0 aliphatic carbocycles. The first-order chi connectivity index (χ1) is 9.08. The van der Waals surface area contributed by atoms with Crippen LogP contribution in [0.4, 0.5) is 5.69 Å². The number of nitrogens with one attached hydrogen (secondary N) is 2. The molecule has 0 saturated carbocycles. The van der Waals surface area contributed by atoms with E-state index in [9.17, 15) is 9.59 Å². The number of rotatable bonds is 5. The van der Waals surface area contributed by atoms with Crippen molar-refractivity contribution in [2.45, 2.75) is 0 Å². The number of ether oxygens (including phenoxy) is 1. The summed E-state index contributed by atoms with van der Waals surface area (Å²) in [5.41, 5.74) is 0.532. The van der Waals surface area contributed by atoms with Gasteiger partial charge in [-0.1, -0.05) is 17.5 Å². The molecule has 1 amide bonds. The Morgan fingerprint density at radius 3 is 2.84 bits per heavy atom. The molecule has 0 heterocycles. The lowest BCUT2D eigenvalue weighted by Gasteiger charge is -2.10. The summed E-state index contributed by atoms with van der Waals surface area (Å²) in [5.74, 6) is 1.47. The van der Waals surface area contributed by atoms with Gasteiger partial charge in [0.05, 0.1) is 31.5 Å². The van der Waals surface area contributed by atoms with Crippen molar-refractivity contribution in [1.29, 1.82) is 0 Å². The summed E-state index contributed by atoms with van der Waals surface area (Å²) in [7, 11) is 1.26. The van der Waals surface area contributed by atoms with Crippen molar-refractivity contribution in [3.05, 3.63) is 28.8 Å². The molecule has 100 valence electrons. The van der Waals surface area contributed by atoms with Crippen molar-refractivity contribution in [2.75, 3.05) is 25.5 Å². The topological polar surface area (TPSA) is 67.4 Å². The fourth-order valence-electron chi connectivity index (χ4n) is 1.35. The first-order valence-corrected chi connectivity index (χ1v) is 5.78. The van der Waals surface area contributed by atoms with E-state index in [1.54, 1.807) is 6.07 Å². The van der Waals surface area contributed by atoms with Crippen LogP contribution in [-0.2, 0) is 9.53 Å². The zero-order valence-electron chi connectivity index (χ0n) is 10.3. The number of hydrogen-bond donors (Lipinski definition) is 2. The second kappa shape index (κ2) is 7.41. The van der Waals surface area contributed by atoms with Gasteiger partial charge in [0, 0.05) is 5.02 Å².